The molecule has 4 aliphatic heterocycles. The molecule has 4 aromatic rings. The number of methoxy groups -OCH3 is 1. The molecule has 0 aliphatic carbocycles. The Morgan fingerprint density at radius 2 is 1.84 bits per heavy atom. The minimum Gasteiger partial charge on any atom is -0.491 e. The highest BCUT2D eigenvalue weighted by Gasteiger charge is 2.44. The van der Waals surface area contributed by atoms with Crippen LogP contribution in [0.1, 0.15) is 31.4 Å². The van der Waals surface area contributed by atoms with Crippen LogP contribution in [0, 0.1) is 11.3 Å². The number of nitrogens with zero attached hydrogens (tertiary/aromatic N) is 9. The van der Waals surface area contributed by atoms with Gasteiger partial charge in [0, 0.05) is 69.2 Å². The number of morpholine rings is 1. The summed E-state index contributed by atoms with van der Waals surface area (Å²) in [6.07, 6.45) is 10.1. The Morgan fingerprint density at radius 3 is 2.52 bits per heavy atom. The maximum atomic E-state index is 9.73. The molecule has 44 heavy (non-hydrogen) atoms. The van der Waals surface area contributed by atoms with E-state index in [0.29, 0.717) is 47.1 Å². The lowest BCUT2D eigenvalue weighted by atomic mass is 9.87. The normalized spacial score (nSPS) is 19.9. The predicted molar refractivity (Wildman–Crippen MR) is 166 cm³/mol. The number of rotatable bonds is 9. The second-order valence-electron chi connectivity index (χ2n) is 10.9. The van der Waals surface area contributed by atoms with Crippen molar-refractivity contribution in [3.8, 4) is 29.0 Å². The minimum atomic E-state index is 0.475. The molecule has 4 fully saturated rings. The van der Waals surface area contributed by atoms with Gasteiger partial charge in [0.2, 0.25) is 5.88 Å². The molecule has 0 spiro atoms. The van der Waals surface area contributed by atoms with E-state index in [2.05, 4.69) is 36.9 Å². The van der Waals surface area contributed by atoms with Crippen molar-refractivity contribution in [3.63, 3.8) is 0 Å². The highest BCUT2D eigenvalue weighted by atomic mass is 16.5. The van der Waals surface area contributed by atoms with E-state index in [1.165, 1.54) is 12.0 Å². The second-order valence-corrected chi connectivity index (χ2v) is 10.9. The molecule has 2 bridgehead atoms. The first kappa shape index (κ1) is 29.7. The van der Waals surface area contributed by atoms with Crippen molar-refractivity contribution in [2.75, 3.05) is 64.6 Å². The Balaban J connectivity index is 0.00000168. The van der Waals surface area contributed by atoms with Gasteiger partial charge in [-0.05, 0) is 18.1 Å². The number of fused-ring (bicyclic) bond motifs is 3. The molecule has 230 valence electrons. The summed E-state index contributed by atoms with van der Waals surface area (Å²) >= 11 is 0. The SMILES string of the molecule is CC.COc1ccc(CN2C3CC2CN(c2cnc(-c4cc(OCCN5CCOCC5)cn5ncc(C#N)c45)cn2)C3)cn1. The molecule has 0 amide bonds. The molecule has 8 heterocycles. The fourth-order valence-electron chi connectivity index (χ4n) is 6.16. The zero-order chi connectivity index (χ0) is 30.5. The molecule has 0 N–H and O–H groups in total. The molecule has 0 aromatic carbocycles. The van der Waals surface area contributed by atoms with Gasteiger partial charge in [0.05, 0.1) is 61.9 Å². The summed E-state index contributed by atoms with van der Waals surface area (Å²) in [5.74, 6) is 2.17. The molecule has 4 aromatic heterocycles. The van der Waals surface area contributed by atoms with Gasteiger partial charge in [-0.1, -0.05) is 19.9 Å². The van der Waals surface area contributed by atoms with Crippen LogP contribution in [0.2, 0.25) is 0 Å². The molecular weight excluding hydrogens is 558 g/mol. The number of hydrogen-bond donors (Lipinski definition) is 0. The number of hydrogen-bond acceptors (Lipinski definition) is 11. The van der Waals surface area contributed by atoms with Gasteiger partial charge in [-0.2, -0.15) is 10.4 Å². The number of piperidine rings is 1. The first-order valence-electron chi connectivity index (χ1n) is 15.3. The number of anilines is 1. The Bertz CT molecular complexity index is 1570. The van der Waals surface area contributed by atoms with E-state index < -0.39 is 0 Å². The van der Waals surface area contributed by atoms with Crippen molar-refractivity contribution < 1.29 is 14.2 Å². The Kier molecular flexibility index (Phi) is 9.16. The fourth-order valence-corrected chi connectivity index (χ4v) is 6.16. The number of ether oxygens (including phenoxy) is 3. The van der Waals surface area contributed by atoms with Crippen molar-refractivity contribution in [2.45, 2.75) is 38.9 Å². The second kappa shape index (κ2) is 13.5. The van der Waals surface area contributed by atoms with Crippen molar-refractivity contribution in [3.05, 3.63) is 60.3 Å². The van der Waals surface area contributed by atoms with E-state index in [9.17, 15) is 5.26 Å². The lowest BCUT2D eigenvalue weighted by Gasteiger charge is -2.56. The molecule has 0 saturated carbocycles. The summed E-state index contributed by atoms with van der Waals surface area (Å²) in [6, 6.07) is 9.14. The monoisotopic (exact) mass is 597 g/mol. The molecule has 0 radical (unpaired) electrons. The van der Waals surface area contributed by atoms with E-state index in [1.54, 1.807) is 24.0 Å². The van der Waals surface area contributed by atoms with Crippen LogP contribution in [0.5, 0.6) is 11.6 Å². The molecule has 4 saturated heterocycles. The lowest BCUT2D eigenvalue weighted by Crippen LogP contribution is -2.68. The fraction of sp³-hybridized carbons (Fsp3) is 0.469. The molecule has 12 heteroatoms. The zero-order valence-electron chi connectivity index (χ0n) is 25.6. The van der Waals surface area contributed by atoms with Gasteiger partial charge < -0.3 is 19.1 Å². The van der Waals surface area contributed by atoms with Crippen LogP contribution in [0.3, 0.4) is 0 Å². The van der Waals surface area contributed by atoms with Gasteiger partial charge >= 0.3 is 0 Å². The number of piperazine rings is 1. The average Bonchev–Trinajstić information content (AvgIpc) is 3.52. The standard InChI is InChI=1S/C30H33N9O3.C2H6/c1-40-29-3-2-21(13-34-29)17-38-23-10-24(38)19-37(18-23)28-16-32-27(15-33-28)26-11-25(20-39-30(26)22(12-31)14-35-39)42-9-6-36-4-7-41-8-5-36;1-2/h2-3,11,13-16,20,23-24H,4-10,17-19H2,1H3;1-2H3. The largest absolute Gasteiger partial charge is 0.491 e. The van der Waals surface area contributed by atoms with Crippen LogP contribution >= 0.6 is 0 Å². The van der Waals surface area contributed by atoms with Crippen LogP contribution in [0.25, 0.3) is 16.8 Å². The van der Waals surface area contributed by atoms with E-state index in [0.717, 1.165) is 63.9 Å². The summed E-state index contributed by atoms with van der Waals surface area (Å²) in [4.78, 5) is 21.2. The van der Waals surface area contributed by atoms with Crippen molar-refractivity contribution >= 4 is 11.3 Å². The molecule has 2 atom stereocenters. The zero-order valence-corrected chi connectivity index (χ0v) is 25.6. The first-order valence-corrected chi connectivity index (χ1v) is 15.3. The quantitative estimate of drug-likeness (QED) is 0.283. The Hall–Kier alpha value is -4.31. The van der Waals surface area contributed by atoms with E-state index in [1.807, 2.05) is 44.6 Å². The summed E-state index contributed by atoms with van der Waals surface area (Å²) in [6.45, 7) is 11.4. The van der Waals surface area contributed by atoms with Gasteiger partial charge in [0.15, 0.2) is 0 Å². The van der Waals surface area contributed by atoms with Crippen LogP contribution in [-0.4, -0.2) is 106 Å². The molecular formula is C32H39N9O3. The van der Waals surface area contributed by atoms with Gasteiger partial charge in [-0.3, -0.25) is 14.8 Å². The smallest absolute Gasteiger partial charge is 0.212 e. The molecule has 4 aliphatic rings. The lowest BCUT2D eigenvalue weighted by molar-refractivity contribution is -0.00879. The van der Waals surface area contributed by atoms with Crippen molar-refractivity contribution in [2.24, 2.45) is 0 Å². The Labute approximate surface area is 257 Å². The summed E-state index contributed by atoms with van der Waals surface area (Å²) in [5, 5.41) is 14.1. The van der Waals surface area contributed by atoms with Crippen molar-refractivity contribution in [1.29, 1.82) is 5.26 Å². The van der Waals surface area contributed by atoms with Crippen LogP contribution < -0.4 is 14.4 Å². The third kappa shape index (κ3) is 6.17. The predicted octanol–water partition coefficient (Wildman–Crippen LogP) is 3.27. The highest BCUT2D eigenvalue weighted by Crippen LogP contribution is 2.36. The van der Waals surface area contributed by atoms with E-state index >= 15 is 0 Å². The summed E-state index contributed by atoms with van der Waals surface area (Å²) in [5.41, 5.74) is 3.82. The van der Waals surface area contributed by atoms with E-state index in [-0.39, 0.29) is 0 Å². The summed E-state index contributed by atoms with van der Waals surface area (Å²) in [7, 11) is 1.63. The summed E-state index contributed by atoms with van der Waals surface area (Å²) < 4.78 is 18.4. The van der Waals surface area contributed by atoms with Crippen LogP contribution in [0.4, 0.5) is 5.82 Å². The van der Waals surface area contributed by atoms with Crippen molar-refractivity contribution in [1.82, 2.24) is 34.4 Å². The third-order valence-corrected chi connectivity index (χ3v) is 8.44. The number of aromatic nitrogens is 5. The number of pyridine rings is 2. The topological polar surface area (TPSA) is 117 Å². The van der Waals surface area contributed by atoms with Gasteiger partial charge in [-0.15, -0.1) is 0 Å². The van der Waals surface area contributed by atoms with Crippen LogP contribution in [-0.2, 0) is 11.3 Å². The third-order valence-electron chi connectivity index (χ3n) is 8.44. The highest BCUT2D eigenvalue weighted by molar-refractivity contribution is 5.83. The number of nitriles is 1. The van der Waals surface area contributed by atoms with Crippen LogP contribution in [0.15, 0.2) is 49.2 Å². The van der Waals surface area contributed by atoms with Gasteiger partial charge in [-0.25, -0.2) is 14.5 Å². The maximum Gasteiger partial charge on any atom is 0.212 e. The molecule has 12 nitrogen and oxygen atoms in total. The minimum absolute atomic E-state index is 0.475. The molecule has 2 unspecified atom stereocenters. The Morgan fingerprint density at radius 1 is 1.02 bits per heavy atom. The maximum absolute atomic E-state index is 9.73. The first-order chi connectivity index (χ1) is 21.7. The molecule has 8 rings (SSSR count). The van der Waals surface area contributed by atoms with E-state index in [4.69, 9.17) is 24.2 Å². The average molecular weight is 598 g/mol. The van der Waals surface area contributed by atoms with Gasteiger partial charge in [0.25, 0.3) is 0 Å². The van der Waals surface area contributed by atoms with Gasteiger partial charge in [0.1, 0.15) is 24.2 Å².